The first kappa shape index (κ1) is 12.9. The Morgan fingerprint density at radius 2 is 2.00 bits per heavy atom. The predicted octanol–water partition coefficient (Wildman–Crippen LogP) is -0.573. The van der Waals surface area contributed by atoms with Gasteiger partial charge in [-0.1, -0.05) is 0 Å². The van der Waals surface area contributed by atoms with Crippen LogP contribution in [0.5, 0.6) is 0 Å². The Morgan fingerprint density at radius 1 is 1.38 bits per heavy atom. The zero-order valence-corrected chi connectivity index (χ0v) is 9.22. The number of ether oxygens (including phenoxy) is 1. The number of nitrogens with two attached hydrogens (primary N) is 1. The molecule has 1 rings (SSSR count). The minimum atomic E-state index is -1.01. The van der Waals surface area contributed by atoms with Crippen molar-refractivity contribution in [3.05, 3.63) is 0 Å². The van der Waals surface area contributed by atoms with Gasteiger partial charge in [-0.15, -0.1) is 0 Å². The maximum atomic E-state index is 11.6. The largest absolute Gasteiger partial charge is 0.480 e. The molecule has 3 N–H and O–H groups in total. The number of carboxylic acid groups (broad SMARTS) is 1. The van der Waals surface area contributed by atoms with Crippen LogP contribution in [0, 0.1) is 0 Å². The fourth-order valence-electron chi connectivity index (χ4n) is 1.57. The molecule has 1 heterocycles. The fourth-order valence-corrected chi connectivity index (χ4v) is 1.57. The van der Waals surface area contributed by atoms with Crippen molar-refractivity contribution in [2.24, 2.45) is 5.73 Å². The Labute approximate surface area is 94.3 Å². The molecule has 0 spiro atoms. The second-order valence-corrected chi connectivity index (χ2v) is 3.83. The zero-order valence-electron chi connectivity index (χ0n) is 9.22. The van der Waals surface area contributed by atoms with Crippen LogP contribution in [0.3, 0.4) is 0 Å². The van der Waals surface area contributed by atoms with Gasteiger partial charge in [-0.05, 0) is 12.8 Å². The number of carbonyl (C=O) groups is 2. The Bertz CT molecular complexity index is 251. The average Bonchev–Trinajstić information content (AvgIpc) is 2.29. The van der Waals surface area contributed by atoms with Gasteiger partial charge < -0.3 is 20.5 Å². The predicted molar refractivity (Wildman–Crippen MR) is 56.9 cm³/mol. The number of nitrogens with zero attached hydrogens (tertiary/aromatic N) is 1. The monoisotopic (exact) mass is 230 g/mol. The second-order valence-electron chi connectivity index (χ2n) is 3.83. The number of hydrogen-bond donors (Lipinski definition) is 2. The molecule has 0 aliphatic carbocycles. The molecule has 0 aromatic carbocycles. The molecule has 0 unspecified atom stereocenters. The average molecular weight is 230 g/mol. The minimum Gasteiger partial charge on any atom is -0.480 e. The van der Waals surface area contributed by atoms with Gasteiger partial charge in [0, 0.05) is 19.5 Å². The molecular weight excluding hydrogens is 212 g/mol. The van der Waals surface area contributed by atoms with Crippen LogP contribution in [0.1, 0.15) is 19.3 Å². The van der Waals surface area contributed by atoms with E-state index in [0.29, 0.717) is 45.6 Å². The van der Waals surface area contributed by atoms with Crippen LogP contribution in [0.4, 0.5) is 0 Å². The third-order valence-electron chi connectivity index (χ3n) is 2.59. The molecule has 1 amide bonds. The van der Waals surface area contributed by atoms with Crippen molar-refractivity contribution < 1.29 is 19.4 Å². The van der Waals surface area contributed by atoms with E-state index in [1.54, 1.807) is 4.90 Å². The Kier molecular flexibility index (Phi) is 5.21. The van der Waals surface area contributed by atoms with Gasteiger partial charge in [-0.3, -0.25) is 9.59 Å². The fraction of sp³-hybridized carbons (Fsp3) is 0.800. The number of rotatable bonds is 5. The van der Waals surface area contributed by atoms with Crippen LogP contribution in [-0.4, -0.2) is 54.2 Å². The van der Waals surface area contributed by atoms with Gasteiger partial charge in [0.2, 0.25) is 5.91 Å². The highest BCUT2D eigenvalue weighted by Gasteiger charge is 2.17. The first-order chi connectivity index (χ1) is 7.61. The Hall–Kier alpha value is -1.14. The minimum absolute atomic E-state index is 0.0564. The summed E-state index contributed by atoms with van der Waals surface area (Å²) in [5.74, 6) is -0.959. The maximum absolute atomic E-state index is 11.6. The molecule has 0 saturated carbocycles. The van der Waals surface area contributed by atoms with Crippen LogP contribution in [0.2, 0.25) is 0 Å². The van der Waals surface area contributed by atoms with Crippen molar-refractivity contribution in [3.63, 3.8) is 0 Å². The van der Waals surface area contributed by atoms with E-state index in [9.17, 15) is 9.59 Å². The van der Waals surface area contributed by atoms with E-state index in [2.05, 4.69) is 0 Å². The molecule has 0 radical (unpaired) electrons. The summed E-state index contributed by atoms with van der Waals surface area (Å²) >= 11 is 0. The molecule has 6 nitrogen and oxygen atoms in total. The molecule has 0 bridgehead atoms. The third-order valence-corrected chi connectivity index (χ3v) is 2.59. The number of amides is 1. The summed E-state index contributed by atoms with van der Waals surface area (Å²) < 4.78 is 5.13. The molecule has 1 atom stereocenters. The van der Waals surface area contributed by atoms with E-state index in [0.717, 1.165) is 0 Å². The normalized spacial score (nSPS) is 18.2. The van der Waals surface area contributed by atoms with Gasteiger partial charge in [0.05, 0.1) is 13.2 Å². The number of carbonyl (C=O) groups excluding carboxylic acids is 1. The number of hydrogen-bond acceptors (Lipinski definition) is 4. The van der Waals surface area contributed by atoms with Crippen LogP contribution in [0.15, 0.2) is 0 Å². The molecule has 1 fully saturated rings. The summed E-state index contributed by atoms with van der Waals surface area (Å²) in [6.07, 6.45) is 1.22. The quantitative estimate of drug-likeness (QED) is 0.659. The van der Waals surface area contributed by atoms with Crippen molar-refractivity contribution in [2.45, 2.75) is 25.3 Å². The number of carboxylic acids is 1. The van der Waals surface area contributed by atoms with E-state index in [1.165, 1.54) is 0 Å². The van der Waals surface area contributed by atoms with E-state index < -0.39 is 12.0 Å². The molecule has 1 aliphatic heterocycles. The highest BCUT2D eigenvalue weighted by Crippen LogP contribution is 2.05. The molecule has 0 aromatic rings. The number of morpholine rings is 1. The van der Waals surface area contributed by atoms with Gasteiger partial charge >= 0.3 is 5.97 Å². The first-order valence-corrected chi connectivity index (χ1v) is 5.45. The summed E-state index contributed by atoms with van der Waals surface area (Å²) in [4.78, 5) is 23.8. The zero-order chi connectivity index (χ0) is 12.0. The lowest BCUT2D eigenvalue weighted by Crippen LogP contribution is -2.40. The Balaban J connectivity index is 2.16. The molecule has 16 heavy (non-hydrogen) atoms. The SMILES string of the molecule is N[C@@H](CCCC(=O)N1CCOCC1)C(=O)O. The second kappa shape index (κ2) is 6.44. The topological polar surface area (TPSA) is 92.9 Å². The molecule has 1 saturated heterocycles. The summed E-state index contributed by atoms with van der Waals surface area (Å²) in [7, 11) is 0. The van der Waals surface area contributed by atoms with Crippen molar-refractivity contribution in [1.29, 1.82) is 0 Å². The highest BCUT2D eigenvalue weighted by atomic mass is 16.5. The van der Waals surface area contributed by atoms with Gasteiger partial charge in [-0.2, -0.15) is 0 Å². The lowest BCUT2D eigenvalue weighted by molar-refractivity contribution is -0.139. The van der Waals surface area contributed by atoms with Gasteiger partial charge in [0.1, 0.15) is 6.04 Å². The van der Waals surface area contributed by atoms with Crippen LogP contribution in [-0.2, 0) is 14.3 Å². The van der Waals surface area contributed by atoms with Crippen LogP contribution in [0.25, 0.3) is 0 Å². The maximum Gasteiger partial charge on any atom is 0.320 e. The summed E-state index contributed by atoms with van der Waals surface area (Å²) in [5.41, 5.74) is 5.34. The summed E-state index contributed by atoms with van der Waals surface area (Å²) in [6.45, 7) is 2.42. The lowest BCUT2D eigenvalue weighted by atomic mass is 10.1. The van der Waals surface area contributed by atoms with E-state index in [4.69, 9.17) is 15.6 Å². The van der Waals surface area contributed by atoms with Gasteiger partial charge in [0.25, 0.3) is 0 Å². The molecular formula is C10H18N2O4. The lowest BCUT2D eigenvalue weighted by Gasteiger charge is -2.26. The number of aliphatic carboxylic acids is 1. The molecule has 1 aliphatic rings. The van der Waals surface area contributed by atoms with Crippen molar-refractivity contribution in [1.82, 2.24) is 4.90 Å². The molecule has 6 heteroatoms. The Morgan fingerprint density at radius 3 is 2.56 bits per heavy atom. The van der Waals surface area contributed by atoms with Gasteiger partial charge in [-0.25, -0.2) is 0 Å². The van der Waals surface area contributed by atoms with E-state index >= 15 is 0 Å². The summed E-state index contributed by atoms with van der Waals surface area (Å²) in [5, 5.41) is 8.56. The van der Waals surface area contributed by atoms with E-state index in [1.807, 2.05) is 0 Å². The van der Waals surface area contributed by atoms with Crippen LogP contribution >= 0.6 is 0 Å². The molecule has 92 valence electrons. The van der Waals surface area contributed by atoms with Crippen molar-refractivity contribution in [3.8, 4) is 0 Å². The van der Waals surface area contributed by atoms with Crippen LogP contribution < -0.4 is 5.73 Å². The van der Waals surface area contributed by atoms with Crippen molar-refractivity contribution >= 4 is 11.9 Å². The molecule has 0 aromatic heterocycles. The van der Waals surface area contributed by atoms with Gasteiger partial charge in [0.15, 0.2) is 0 Å². The highest BCUT2D eigenvalue weighted by molar-refractivity contribution is 5.76. The first-order valence-electron chi connectivity index (χ1n) is 5.45. The van der Waals surface area contributed by atoms with E-state index in [-0.39, 0.29) is 5.91 Å². The summed E-state index contributed by atoms with van der Waals surface area (Å²) in [6, 6.07) is -0.863. The van der Waals surface area contributed by atoms with Crippen molar-refractivity contribution in [2.75, 3.05) is 26.3 Å². The third kappa shape index (κ3) is 4.16. The smallest absolute Gasteiger partial charge is 0.320 e. The standard InChI is InChI=1S/C10H18N2O4/c11-8(10(14)15)2-1-3-9(13)12-4-6-16-7-5-12/h8H,1-7,11H2,(H,14,15)/t8-/m0/s1.